The number of aromatic nitrogens is 8. The van der Waals surface area contributed by atoms with Crippen molar-refractivity contribution in [3.8, 4) is 0 Å². The SMILES string of the molecule is [Ca+2].[H-].[H-].n1nc(Nc2nn[nH]n2)n[nH]1. The van der Waals surface area contributed by atoms with Crippen LogP contribution in [0.1, 0.15) is 2.85 Å². The van der Waals surface area contributed by atoms with E-state index in [2.05, 4.69) is 46.6 Å². The number of anilines is 2. The van der Waals surface area contributed by atoms with Crippen LogP contribution in [0.4, 0.5) is 11.9 Å². The molecule has 0 saturated heterocycles. The number of H-pyrrole nitrogens is 2. The van der Waals surface area contributed by atoms with Crippen molar-refractivity contribution >= 4 is 49.6 Å². The Hall–Kier alpha value is -0.800. The predicted octanol–water partition coefficient (Wildman–Crippen LogP) is -1.70. The molecule has 0 atom stereocenters. The summed E-state index contributed by atoms with van der Waals surface area (Å²) in [5, 5.41) is 28.2. The molecule has 2 heterocycles. The van der Waals surface area contributed by atoms with Gasteiger partial charge in [-0.1, -0.05) is 10.2 Å². The summed E-state index contributed by atoms with van der Waals surface area (Å²) in [5.74, 6) is 0.595. The molecule has 0 amide bonds. The average Bonchev–Trinajstić information content (AvgIpc) is 2.60. The van der Waals surface area contributed by atoms with Crippen LogP contribution >= 0.6 is 0 Å². The molecule has 0 bridgehead atoms. The fourth-order valence-electron chi connectivity index (χ4n) is 0.530. The summed E-state index contributed by atoms with van der Waals surface area (Å²) in [7, 11) is 0. The molecule has 10 heteroatoms. The number of rotatable bonds is 2. The molecular formula is C2H5CaN9. The van der Waals surface area contributed by atoms with Crippen LogP contribution in [0.3, 0.4) is 0 Å². The minimum Gasteiger partial charge on any atom is -1.00 e. The number of hydrogen-bond donors (Lipinski definition) is 3. The Morgan fingerprint density at radius 1 is 1.00 bits per heavy atom. The van der Waals surface area contributed by atoms with Crippen molar-refractivity contribution in [3.05, 3.63) is 0 Å². The van der Waals surface area contributed by atoms with Gasteiger partial charge >= 0.3 is 37.7 Å². The number of hydrogen-bond acceptors (Lipinski definition) is 7. The number of aromatic amines is 2. The first-order chi connectivity index (χ1) is 5.45. The largest absolute Gasteiger partial charge is 2.00 e. The smallest absolute Gasteiger partial charge is 1.00 e. The zero-order chi connectivity index (χ0) is 7.52. The minimum atomic E-state index is 0. The van der Waals surface area contributed by atoms with E-state index in [1.807, 2.05) is 0 Å². The Bertz CT molecular complexity index is 273. The van der Waals surface area contributed by atoms with Gasteiger partial charge in [-0.25, -0.2) is 0 Å². The number of nitrogens with one attached hydrogen (secondary N) is 3. The van der Waals surface area contributed by atoms with E-state index in [9.17, 15) is 0 Å². The van der Waals surface area contributed by atoms with Crippen molar-refractivity contribution in [2.45, 2.75) is 0 Å². The number of nitrogens with zero attached hydrogens (tertiary/aromatic N) is 6. The molecule has 2 rings (SSSR count). The first kappa shape index (κ1) is 9.29. The van der Waals surface area contributed by atoms with Gasteiger partial charge in [0.1, 0.15) is 0 Å². The van der Waals surface area contributed by atoms with E-state index < -0.39 is 0 Å². The summed E-state index contributed by atoms with van der Waals surface area (Å²) >= 11 is 0. The second kappa shape index (κ2) is 4.28. The van der Waals surface area contributed by atoms with Gasteiger partial charge in [0.2, 0.25) is 0 Å². The van der Waals surface area contributed by atoms with Gasteiger partial charge in [-0.05, 0) is 10.4 Å². The molecule has 0 aromatic carbocycles. The van der Waals surface area contributed by atoms with Crippen LogP contribution in [-0.2, 0) is 0 Å². The van der Waals surface area contributed by atoms with Crippen LogP contribution in [0, 0.1) is 0 Å². The van der Waals surface area contributed by atoms with E-state index in [1.165, 1.54) is 0 Å². The molecule has 0 aliphatic heterocycles. The number of tetrazole rings is 2. The van der Waals surface area contributed by atoms with Crippen molar-refractivity contribution < 1.29 is 2.85 Å². The first-order valence-electron chi connectivity index (χ1n) is 2.69. The van der Waals surface area contributed by atoms with E-state index in [0.29, 0.717) is 11.9 Å². The monoisotopic (exact) mass is 195 g/mol. The van der Waals surface area contributed by atoms with Crippen LogP contribution in [0.5, 0.6) is 0 Å². The normalized spacial score (nSPS) is 9.00. The van der Waals surface area contributed by atoms with Crippen LogP contribution in [0.2, 0.25) is 0 Å². The summed E-state index contributed by atoms with van der Waals surface area (Å²) < 4.78 is 0. The first-order valence-corrected chi connectivity index (χ1v) is 2.69. The molecule has 0 aliphatic rings. The fourth-order valence-corrected chi connectivity index (χ4v) is 0.530. The quantitative estimate of drug-likeness (QED) is 0.488. The Balaban J connectivity index is 0. The van der Waals surface area contributed by atoms with Gasteiger partial charge in [-0.15, -0.1) is 10.2 Å². The van der Waals surface area contributed by atoms with E-state index >= 15 is 0 Å². The van der Waals surface area contributed by atoms with Crippen molar-refractivity contribution in [2.24, 2.45) is 0 Å². The Labute approximate surface area is 98.7 Å². The zero-order valence-corrected chi connectivity index (χ0v) is 8.10. The van der Waals surface area contributed by atoms with Crippen molar-refractivity contribution in [2.75, 3.05) is 5.32 Å². The van der Waals surface area contributed by atoms with E-state index in [-0.39, 0.29) is 40.6 Å². The Kier molecular flexibility index (Phi) is 3.31. The van der Waals surface area contributed by atoms with Gasteiger partial charge in [-0.2, -0.15) is 10.4 Å². The minimum absolute atomic E-state index is 0. The van der Waals surface area contributed by atoms with E-state index in [4.69, 9.17) is 0 Å². The van der Waals surface area contributed by atoms with Gasteiger partial charge in [0.05, 0.1) is 0 Å². The molecule has 0 aliphatic carbocycles. The Morgan fingerprint density at radius 3 is 1.83 bits per heavy atom. The van der Waals surface area contributed by atoms with Crippen molar-refractivity contribution in [1.29, 1.82) is 0 Å². The molecule has 0 unspecified atom stereocenters. The summed E-state index contributed by atoms with van der Waals surface area (Å²) in [6.45, 7) is 0. The maximum Gasteiger partial charge on any atom is 2.00 e. The van der Waals surface area contributed by atoms with E-state index in [1.54, 1.807) is 0 Å². The molecule has 2 aromatic heterocycles. The molecule has 9 nitrogen and oxygen atoms in total. The van der Waals surface area contributed by atoms with Crippen LogP contribution in [0.25, 0.3) is 0 Å². The van der Waals surface area contributed by atoms with Crippen molar-refractivity contribution in [1.82, 2.24) is 41.2 Å². The van der Waals surface area contributed by atoms with E-state index in [0.717, 1.165) is 0 Å². The second-order valence-corrected chi connectivity index (χ2v) is 1.60. The van der Waals surface area contributed by atoms with Gasteiger partial charge < -0.3 is 2.85 Å². The third kappa shape index (κ3) is 2.09. The van der Waals surface area contributed by atoms with Gasteiger partial charge in [0.15, 0.2) is 0 Å². The third-order valence-electron chi connectivity index (χ3n) is 0.914. The van der Waals surface area contributed by atoms with Crippen LogP contribution in [0.15, 0.2) is 0 Å². The molecular weight excluding hydrogens is 190 g/mol. The summed E-state index contributed by atoms with van der Waals surface area (Å²) in [6, 6.07) is 0. The molecule has 2 aromatic rings. The van der Waals surface area contributed by atoms with Crippen LogP contribution < -0.4 is 5.32 Å². The average molecular weight is 195 g/mol. The fraction of sp³-hybridized carbons (Fsp3) is 0. The molecule has 0 saturated carbocycles. The molecule has 0 fully saturated rings. The Morgan fingerprint density at radius 2 is 1.50 bits per heavy atom. The summed E-state index contributed by atoms with van der Waals surface area (Å²) in [6.07, 6.45) is 0. The molecule has 3 N–H and O–H groups in total. The molecule has 12 heavy (non-hydrogen) atoms. The maximum atomic E-state index is 3.61. The predicted molar refractivity (Wildman–Crippen MR) is 39.6 cm³/mol. The standard InChI is InChI=1S/C2H3N9.Ca.2H/c3(1-4-8-9-5-1)2-6-10-11-7-2;;;/h(H3,3,4,5,6,7,8,9,10,11);;;/q;+2;2*-1. The third-order valence-corrected chi connectivity index (χ3v) is 0.914. The van der Waals surface area contributed by atoms with Gasteiger partial charge in [0, 0.05) is 0 Å². The maximum absolute atomic E-state index is 3.61. The van der Waals surface area contributed by atoms with Gasteiger partial charge in [-0.3, -0.25) is 5.32 Å². The summed E-state index contributed by atoms with van der Waals surface area (Å²) in [5.41, 5.74) is 0. The molecule has 0 spiro atoms. The summed E-state index contributed by atoms with van der Waals surface area (Å²) in [4.78, 5) is 0. The zero-order valence-electron chi connectivity index (χ0n) is 7.89. The second-order valence-electron chi connectivity index (χ2n) is 1.60. The molecule has 0 radical (unpaired) electrons. The molecule has 60 valence electrons. The topological polar surface area (TPSA) is 121 Å². The van der Waals surface area contributed by atoms with Gasteiger partial charge in [0.25, 0.3) is 11.9 Å². The van der Waals surface area contributed by atoms with Crippen molar-refractivity contribution in [3.63, 3.8) is 0 Å². The van der Waals surface area contributed by atoms with Crippen LogP contribution in [-0.4, -0.2) is 79.0 Å².